The van der Waals surface area contributed by atoms with Gasteiger partial charge in [-0.1, -0.05) is 49.5 Å². The van der Waals surface area contributed by atoms with E-state index in [1.54, 1.807) is 0 Å². The van der Waals surface area contributed by atoms with Crippen LogP contribution in [0.3, 0.4) is 0 Å². The average Bonchev–Trinajstić information content (AvgIpc) is 2.28. The SMILES string of the molecule is CCCC1CCN(C(=O)C(Br)C(C)C)CC1. The van der Waals surface area contributed by atoms with E-state index in [-0.39, 0.29) is 10.7 Å². The fourth-order valence-corrected chi connectivity index (χ4v) is 2.60. The lowest BCUT2D eigenvalue weighted by molar-refractivity contribution is -0.132. The molecule has 0 bridgehead atoms. The minimum absolute atomic E-state index is 0.00442. The van der Waals surface area contributed by atoms with Gasteiger partial charge in [-0.25, -0.2) is 0 Å². The van der Waals surface area contributed by atoms with Crippen LogP contribution in [0.1, 0.15) is 46.5 Å². The molecule has 0 aliphatic carbocycles. The molecule has 1 atom stereocenters. The summed E-state index contributed by atoms with van der Waals surface area (Å²) in [7, 11) is 0. The molecule has 1 amide bonds. The summed E-state index contributed by atoms with van der Waals surface area (Å²) in [6.07, 6.45) is 4.98. The van der Waals surface area contributed by atoms with E-state index in [2.05, 4.69) is 36.7 Å². The summed E-state index contributed by atoms with van der Waals surface area (Å²) in [6.45, 7) is 8.32. The minimum Gasteiger partial charge on any atom is -0.342 e. The van der Waals surface area contributed by atoms with E-state index in [9.17, 15) is 4.79 Å². The van der Waals surface area contributed by atoms with Crippen LogP contribution in [0.25, 0.3) is 0 Å². The maximum Gasteiger partial charge on any atom is 0.236 e. The van der Waals surface area contributed by atoms with Gasteiger partial charge in [0.1, 0.15) is 0 Å². The number of likely N-dealkylation sites (tertiary alicyclic amines) is 1. The summed E-state index contributed by atoms with van der Waals surface area (Å²) in [5.41, 5.74) is 0. The van der Waals surface area contributed by atoms with Crippen molar-refractivity contribution in [2.45, 2.75) is 51.3 Å². The number of carbonyl (C=O) groups is 1. The smallest absolute Gasteiger partial charge is 0.236 e. The second kappa shape index (κ2) is 6.63. The van der Waals surface area contributed by atoms with E-state index in [4.69, 9.17) is 0 Å². The van der Waals surface area contributed by atoms with Crippen LogP contribution in [0.5, 0.6) is 0 Å². The zero-order chi connectivity index (χ0) is 12.1. The summed E-state index contributed by atoms with van der Waals surface area (Å²) in [6, 6.07) is 0. The van der Waals surface area contributed by atoms with Crippen molar-refractivity contribution < 1.29 is 4.79 Å². The van der Waals surface area contributed by atoms with Gasteiger partial charge in [0.2, 0.25) is 5.91 Å². The lowest BCUT2D eigenvalue weighted by Crippen LogP contribution is -2.43. The highest BCUT2D eigenvalue weighted by atomic mass is 79.9. The highest BCUT2D eigenvalue weighted by Gasteiger charge is 2.27. The Morgan fingerprint density at radius 3 is 2.38 bits per heavy atom. The standard InChI is InChI=1S/C13H24BrNO/c1-4-5-11-6-8-15(9-7-11)13(16)12(14)10(2)3/h10-12H,4-9H2,1-3H3. The molecule has 0 spiro atoms. The highest BCUT2D eigenvalue weighted by Crippen LogP contribution is 2.24. The van der Waals surface area contributed by atoms with Crippen LogP contribution in [0.2, 0.25) is 0 Å². The monoisotopic (exact) mass is 289 g/mol. The van der Waals surface area contributed by atoms with Gasteiger partial charge in [-0.15, -0.1) is 0 Å². The molecule has 94 valence electrons. The summed E-state index contributed by atoms with van der Waals surface area (Å²) >= 11 is 3.50. The zero-order valence-electron chi connectivity index (χ0n) is 10.7. The van der Waals surface area contributed by atoms with Crippen LogP contribution < -0.4 is 0 Å². The fourth-order valence-electron chi connectivity index (χ4n) is 2.31. The highest BCUT2D eigenvalue weighted by molar-refractivity contribution is 9.10. The summed E-state index contributed by atoms with van der Waals surface area (Å²) < 4.78 is 0. The normalized spacial score (nSPS) is 20.2. The van der Waals surface area contributed by atoms with Gasteiger partial charge in [-0.2, -0.15) is 0 Å². The third-order valence-electron chi connectivity index (χ3n) is 3.44. The molecule has 0 saturated carbocycles. The Labute approximate surface area is 108 Å². The Hall–Kier alpha value is -0.0500. The van der Waals surface area contributed by atoms with E-state index in [0.29, 0.717) is 5.92 Å². The van der Waals surface area contributed by atoms with Crippen LogP contribution in [0, 0.1) is 11.8 Å². The largest absolute Gasteiger partial charge is 0.342 e. The van der Waals surface area contributed by atoms with Crippen molar-refractivity contribution in [1.29, 1.82) is 0 Å². The van der Waals surface area contributed by atoms with E-state index < -0.39 is 0 Å². The molecule has 1 aliphatic rings. The van der Waals surface area contributed by atoms with Crippen molar-refractivity contribution >= 4 is 21.8 Å². The van der Waals surface area contributed by atoms with Crippen molar-refractivity contribution in [3.8, 4) is 0 Å². The Morgan fingerprint density at radius 1 is 1.38 bits per heavy atom. The molecule has 3 heteroatoms. The fraction of sp³-hybridized carbons (Fsp3) is 0.923. The minimum atomic E-state index is -0.00442. The molecular weight excluding hydrogens is 266 g/mol. The first kappa shape index (κ1) is 14.0. The number of nitrogens with zero attached hydrogens (tertiary/aromatic N) is 1. The molecule has 0 aromatic heterocycles. The van der Waals surface area contributed by atoms with E-state index in [0.717, 1.165) is 19.0 Å². The molecule has 2 nitrogen and oxygen atoms in total. The number of hydrogen-bond donors (Lipinski definition) is 0. The number of carbonyl (C=O) groups excluding carboxylic acids is 1. The molecular formula is C13H24BrNO. The molecule has 1 unspecified atom stereocenters. The average molecular weight is 290 g/mol. The first-order chi connectivity index (χ1) is 7.56. The van der Waals surface area contributed by atoms with Crippen molar-refractivity contribution in [3.63, 3.8) is 0 Å². The summed E-state index contributed by atoms with van der Waals surface area (Å²) in [5.74, 6) is 1.51. The van der Waals surface area contributed by atoms with Crippen molar-refractivity contribution in [2.24, 2.45) is 11.8 Å². The van der Waals surface area contributed by atoms with Gasteiger partial charge in [0.25, 0.3) is 0 Å². The quantitative estimate of drug-likeness (QED) is 0.726. The lowest BCUT2D eigenvalue weighted by atomic mass is 9.92. The Balaban J connectivity index is 2.38. The molecule has 1 heterocycles. The van der Waals surface area contributed by atoms with Gasteiger partial charge >= 0.3 is 0 Å². The van der Waals surface area contributed by atoms with Crippen LogP contribution >= 0.6 is 15.9 Å². The summed E-state index contributed by atoms with van der Waals surface area (Å²) in [4.78, 5) is 14.1. The van der Waals surface area contributed by atoms with Crippen LogP contribution in [0.4, 0.5) is 0 Å². The Morgan fingerprint density at radius 2 is 1.94 bits per heavy atom. The predicted molar refractivity (Wildman–Crippen MR) is 71.8 cm³/mol. The maximum absolute atomic E-state index is 12.1. The first-order valence-electron chi connectivity index (χ1n) is 6.49. The van der Waals surface area contributed by atoms with Crippen LogP contribution in [-0.2, 0) is 4.79 Å². The van der Waals surface area contributed by atoms with Gasteiger partial charge in [0.05, 0.1) is 4.83 Å². The molecule has 1 fully saturated rings. The predicted octanol–water partition coefficient (Wildman–Crippen LogP) is 3.44. The second-order valence-electron chi connectivity index (χ2n) is 5.20. The Kier molecular flexibility index (Phi) is 5.81. The molecule has 0 radical (unpaired) electrons. The number of halogens is 1. The van der Waals surface area contributed by atoms with E-state index in [1.807, 2.05) is 4.90 Å². The van der Waals surface area contributed by atoms with E-state index in [1.165, 1.54) is 25.7 Å². The van der Waals surface area contributed by atoms with Gasteiger partial charge in [0, 0.05) is 13.1 Å². The zero-order valence-corrected chi connectivity index (χ0v) is 12.3. The van der Waals surface area contributed by atoms with Crippen LogP contribution in [-0.4, -0.2) is 28.7 Å². The third-order valence-corrected chi connectivity index (χ3v) is 4.89. The number of piperidine rings is 1. The summed E-state index contributed by atoms with van der Waals surface area (Å²) in [5, 5.41) is 0. The Bertz CT molecular complexity index is 222. The third kappa shape index (κ3) is 3.76. The van der Waals surface area contributed by atoms with Gasteiger partial charge in [-0.05, 0) is 24.7 Å². The molecule has 0 aromatic rings. The molecule has 1 saturated heterocycles. The molecule has 1 aliphatic heterocycles. The number of amides is 1. The van der Waals surface area contributed by atoms with Crippen molar-refractivity contribution in [3.05, 3.63) is 0 Å². The van der Waals surface area contributed by atoms with Gasteiger partial charge in [-0.3, -0.25) is 4.79 Å². The van der Waals surface area contributed by atoms with Gasteiger partial charge < -0.3 is 4.90 Å². The van der Waals surface area contributed by atoms with Gasteiger partial charge in [0.15, 0.2) is 0 Å². The number of rotatable bonds is 4. The van der Waals surface area contributed by atoms with Crippen molar-refractivity contribution in [1.82, 2.24) is 4.90 Å². The van der Waals surface area contributed by atoms with E-state index >= 15 is 0 Å². The second-order valence-corrected chi connectivity index (χ2v) is 6.19. The topological polar surface area (TPSA) is 20.3 Å². The number of alkyl halides is 1. The maximum atomic E-state index is 12.1. The number of hydrogen-bond acceptors (Lipinski definition) is 1. The van der Waals surface area contributed by atoms with Crippen LogP contribution in [0.15, 0.2) is 0 Å². The molecule has 16 heavy (non-hydrogen) atoms. The van der Waals surface area contributed by atoms with Crippen molar-refractivity contribution in [2.75, 3.05) is 13.1 Å². The molecule has 0 aromatic carbocycles. The molecule has 0 N–H and O–H groups in total. The lowest BCUT2D eigenvalue weighted by Gasteiger charge is -2.33. The molecule has 1 rings (SSSR count). The first-order valence-corrected chi connectivity index (χ1v) is 7.40.